The largest absolute Gasteiger partial charge is 0.353 e. The van der Waals surface area contributed by atoms with Crippen molar-refractivity contribution in [2.45, 2.75) is 53.4 Å². The minimum atomic E-state index is -0.178. The van der Waals surface area contributed by atoms with E-state index >= 15 is 0 Å². The van der Waals surface area contributed by atoms with Crippen LogP contribution in [-0.4, -0.2) is 59.5 Å². The Morgan fingerprint density at radius 3 is 2.27 bits per heavy atom. The summed E-state index contributed by atoms with van der Waals surface area (Å²) in [7, 11) is 0. The molecule has 2 aromatic carbocycles. The van der Waals surface area contributed by atoms with Crippen LogP contribution in [0, 0.1) is 18.3 Å². The van der Waals surface area contributed by atoms with Gasteiger partial charge in [0, 0.05) is 57.3 Å². The van der Waals surface area contributed by atoms with Crippen LogP contribution in [0.4, 0.5) is 17.3 Å². The summed E-state index contributed by atoms with van der Waals surface area (Å²) in [6, 6.07) is 19.4. The topological polar surface area (TPSA) is 114 Å². The van der Waals surface area contributed by atoms with Crippen molar-refractivity contribution in [2.24, 2.45) is 0 Å². The van der Waals surface area contributed by atoms with Crippen LogP contribution in [0.15, 0.2) is 72.4 Å². The lowest BCUT2D eigenvalue weighted by Gasteiger charge is -2.34. The second kappa shape index (κ2) is 14.8. The van der Waals surface area contributed by atoms with E-state index in [1.807, 2.05) is 74.5 Å². The number of nitriles is 1. The molecule has 0 unspecified atom stereocenters. The molecule has 0 bridgehead atoms. The molecule has 0 atom stereocenters. The molecule has 1 aliphatic heterocycles. The summed E-state index contributed by atoms with van der Waals surface area (Å²) < 4.78 is 0. The van der Waals surface area contributed by atoms with Crippen LogP contribution in [0.3, 0.4) is 0 Å². The first-order valence-electron chi connectivity index (χ1n) is 15.4. The fraction of sp³-hybridized carbons (Fsp3) is 0.361. The van der Waals surface area contributed by atoms with Crippen molar-refractivity contribution in [3.05, 3.63) is 94.7 Å². The molecule has 1 fully saturated rings. The van der Waals surface area contributed by atoms with Gasteiger partial charge in [-0.15, -0.1) is 10.2 Å². The van der Waals surface area contributed by atoms with Crippen LogP contribution in [0.5, 0.6) is 0 Å². The quantitative estimate of drug-likeness (QED) is 0.203. The SMILES string of the molecule is CC=C(/C=C(/Nc1ccc(N2CCN(CCC#N)CC2)nn1)C(C)=O)c1cccc(NC(=O)c2ccc(C(C)(C)C)cc2)c1C. The van der Waals surface area contributed by atoms with Crippen molar-refractivity contribution in [1.82, 2.24) is 15.1 Å². The first-order valence-corrected chi connectivity index (χ1v) is 15.4. The van der Waals surface area contributed by atoms with Gasteiger partial charge in [-0.05, 0) is 77.9 Å². The number of nitrogens with zero attached hydrogens (tertiary/aromatic N) is 5. The van der Waals surface area contributed by atoms with E-state index in [9.17, 15) is 9.59 Å². The van der Waals surface area contributed by atoms with E-state index in [4.69, 9.17) is 5.26 Å². The smallest absolute Gasteiger partial charge is 0.255 e. The highest BCUT2D eigenvalue weighted by Gasteiger charge is 2.19. The lowest BCUT2D eigenvalue weighted by Crippen LogP contribution is -2.46. The zero-order valence-corrected chi connectivity index (χ0v) is 27.1. The van der Waals surface area contributed by atoms with Crippen molar-refractivity contribution in [3.8, 4) is 6.07 Å². The van der Waals surface area contributed by atoms with Crippen LogP contribution in [0.2, 0.25) is 0 Å². The molecule has 234 valence electrons. The second-order valence-electron chi connectivity index (χ2n) is 12.3. The van der Waals surface area contributed by atoms with Crippen molar-refractivity contribution in [1.29, 1.82) is 5.26 Å². The van der Waals surface area contributed by atoms with E-state index in [0.29, 0.717) is 29.2 Å². The van der Waals surface area contributed by atoms with E-state index in [1.165, 1.54) is 12.5 Å². The molecule has 2 N–H and O–H groups in total. The highest BCUT2D eigenvalue weighted by molar-refractivity contribution is 6.05. The third-order valence-electron chi connectivity index (χ3n) is 8.05. The van der Waals surface area contributed by atoms with E-state index in [1.54, 1.807) is 6.08 Å². The lowest BCUT2D eigenvalue weighted by atomic mass is 9.86. The molecule has 0 saturated carbocycles. The molecule has 1 aromatic heterocycles. The number of Topliss-reactive ketones (excluding diaryl/α,β-unsaturated/α-hetero) is 1. The van der Waals surface area contributed by atoms with Gasteiger partial charge in [-0.3, -0.25) is 14.5 Å². The number of allylic oxidation sites excluding steroid dienone is 4. The Morgan fingerprint density at radius 2 is 1.69 bits per heavy atom. The molecule has 4 rings (SSSR count). The molecular formula is C36H43N7O2. The van der Waals surface area contributed by atoms with E-state index < -0.39 is 0 Å². The standard InChI is InChI=1S/C36H43N7O2/c1-7-27(30-10-8-11-31(25(30)2)39-35(45)28-12-14-29(15-13-28)36(4,5)6)24-32(26(3)44)38-33-16-17-34(41-40-33)43-22-20-42(21-23-43)19-9-18-37/h7-8,10-17,24H,9,19-23H2,1-6H3,(H,38,40)(H,39,45)/b27-7?,32-24+. The number of nitrogens with one attached hydrogen (secondary N) is 2. The number of amides is 1. The minimum absolute atomic E-state index is 0.00989. The normalized spacial score (nSPS) is 14.6. The Hall–Kier alpha value is -4.81. The Morgan fingerprint density at radius 1 is 0.978 bits per heavy atom. The maximum absolute atomic E-state index is 13.1. The zero-order chi connectivity index (χ0) is 32.6. The first kappa shape index (κ1) is 33.1. The fourth-order valence-corrected chi connectivity index (χ4v) is 5.20. The van der Waals surface area contributed by atoms with Crippen LogP contribution >= 0.6 is 0 Å². The molecule has 1 amide bonds. The van der Waals surface area contributed by atoms with Gasteiger partial charge in [0.2, 0.25) is 0 Å². The van der Waals surface area contributed by atoms with E-state index in [-0.39, 0.29) is 17.1 Å². The zero-order valence-electron chi connectivity index (χ0n) is 27.1. The summed E-state index contributed by atoms with van der Waals surface area (Å²) in [5, 5.41) is 23.8. The van der Waals surface area contributed by atoms with Crippen LogP contribution < -0.4 is 15.5 Å². The highest BCUT2D eigenvalue weighted by Crippen LogP contribution is 2.28. The van der Waals surface area contributed by atoms with Gasteiger partial charge in [0.05, 0.1) is 11.8 Å². The van der Waals surface area contributed by atoms with Crippen molar-refractivity contribution in [3.63, 3.8) is 0 Å². The maximum Gasteiger partial charge on any atom is 0.255 e. The van der Waals surface area contributed by atoms with Crippen molar-refractivity contribution >= 4 is 34.6 Å². The van der Waals surface area contributed by atoms with Crippen molar-refractivity contribution < 1.29 is 9.59 Å². The Kier molecular flexibility index (Phi) is 10.9. The summed E-state index contributed by atoms with van der Waals surface area (Å²) in [5.41, 5.74) is 5.47. The molecular weight excluding hydrogens is 562 g/mol. The lowest BCUT2D eigenvalue weighted by molar-refractivity contribution is -0.113. The third-order valence-corrected chi connectivity index (χ3v) is 8.05. The molecule has 1 aliphatic rings. The molecule has 0 aliphatic carbocycles. The van der Waals surface area contributed by atoms with Crippen molar-refractivity contribution in [2.75, 3.05) is 48.3 Å². The number of hydrogen-bond acceptors (Lipinski definition) is 8. The average molecular weight is 606 g/mol. The van der Waals surface area contributed by atoms with Gasteiger partial charge >= 0.3 is 0 Å². The summed E-state index contributed by atoms with van der Waals surface area (Å²) in [5.74, 6) is 0.929. The van der Waals surface area contributed by atoms with Gasteiger partial charge in [0.1, 0.15) is 0 Å². The number of benzene rings is 2. The van der Waals surface area contributed by atoms with E-state index in [2.05, 4.69) is 57.5 Å². The number of ketones is 1. The summed E-state index contributed by atoms with van der Waals surface area (Å²) in [6.07, 6.45) is 4.28. The first-order chi connectivity index (χ1) is 21.5. The second-order valence-corrected chi connectivity index (χ2v) is 12.3. The average Bonchev–Trinajstić information content (AvgIpc) is 3.03. The highest BCUT2D eigenvalue weighted by atomic mass is 16.1. The Balaban J connectivity index is 1.47. The predicted molar refractivity (Wildman–Crippen MR) is 181 cm³/mol. The molecule has 0 spiro atoms. The number of carbonyl (C=O) groups excluding carboxylic acids is 2. The number of hydrogen-bond donors (Lipinski definition) is 2. The van der Waals surface area contributed by atoms with Gasteiger partial charge < -0.3 is 15.5 Å². The molecule has 45 heavy (non-hydrogen) atoms. The Bertz CT molecular complexity index is 1600. The number of rotatable bonds is 10. The summed E-state index contributed by atoms with van der Waals surface area (Å²) in [4.78, 5) is 30.3. The van der Waals surface area contributed by atoms with Crippen LogP contribution in [-0.2, 0) is 10.2 Å². The minimum Gasteiger partial charge on any atom is -0.353 e. The van der Waals surface area contributed by atoms with Crippen LogP contribution in [0.25, 0.3) is 5.57 Å². The van der Waals surface area contributed by atoms with Gasteiger partial charge in [0.15, 0.2) is 17.4 Å². The fourth-order valence-electron chi connectivity index (χ4n) is 5.20. The third kappa shape index (κ3) is 8.64. The predicted octanol–water partition coefficient (Wildman–Crippen LogP) is 6.36. The molecule has 9 heteroatoms. The van der Waals surface area contributed by atoms with Crippen LogP contribution in [0.1, 0.15) is 68.1 Å². The molecule has 2 heterocycles. The number of piperazine rings is 1. The molecule has 3 aromatic rings. The number of carbonyl (C=O) groups is 2. The number of anilines is 3. The maximum atomic E-state index is 13.1. The van der Waals surface area contributed by atoms with E-state index in [0.717, 1.165) is 55.2 Å². The monoisotopic (exact) mass is 605 g/mol. The number of aromatic nitrogens is 2. The Labute approximate surface area is 266 Å². The van der Waals surface area contributed by atoms with Gasteiger partial charge in [-0.2, -0.15) is 5.26 Å². The summed E-state index contributed by atoms with van der Waals surface area (Å²) >= 11 is 0. The molecule has 9 nitrogen and oxygen atoms in total. The van der Waals surface area contributed by atoms with Gasteiger partial charge in [0.25, 0.3) is 5.91 Å². The van der Waals surface area contributed by atoms with Gasteiger partial charge in [-0.1, -0.05) is 51.1 Å². The van der Waals surface area contributed by atoms with Gasteiger partial charge in [-0.25, -0.2) is 0 Å². The molecule has 0 radical (unpaired) electrons. The summed E-state index contributed by atoms with van der Waals surface area (Å²) in [6.45, 7) is 16.0. The molecule has 1 saturated heterocycles.